The van der Waals surface area contributed by atoms with E-state index in [1.54, 1.807) is 41.8 Å². The van der Waals surface area contributed by atoms with Gasteiger partial charge in [0, 0.05) is 24.2 Å². The minimum atomic E-state index is -0.231. The lowest BCUT2D eigenvalue weighted by Gasteiger charge is -2.13. The molecule has 0 saturated heterocycles. The maximum absolute atomic E-state index is 12.8. The van der Waals surface area contributed by atoms with Crippen LogP contribution in [0.15, 0.2) is 58.5 Å². The fourth-order valence-corrected chi connectivity index (χ4v) is 4.18. The number of benzene rings is 2. The van der Waals surface area contributed by atoms with Gasteiger partial charge in [-0.1, -0.05) is 49.0 Å². The standard InChI is InChI=1S/C23H23N5O3S/c1-4-14(2)24-20(30)16-10-11-17-18(12-16)28-22(27(3)21(17)31)25-26-23(28)32-13-19(29)15-8-6-5-7-9-15/h5-12,14H,4,13H2,1-3H3,(H,24,30). The van der Waals surface area contributed by atoms with Gasteiger partial charge in [0.15, 0.2) is 10.9 Å². The Hall–Kier alpha value is -3.46. The van der Waals surface area contributed by atoms with E-state index in [-0.39, 0.29) is 29.0 Å². The number of ketones is 1. The van der Waals surface area contributed by atoms with Crippen LogP contribution in [0.3, 0.4) is 0 Å². The quantitative estimate of drug-likeness (QED) is 0.344. The van der Waals surface area contributed by atoms with Crippen LogP contribution in [-0.2, 0) is 7.05 Å². The molecule has 1 atom stereocenters. The van der Waals surface area contributed by atoms with Crippen molar-refractivity contribution in [3.8, 4) is 0 Å². The summed E-state index contributed by atoms with van der Waals surface area (Å²) in [7, 11) is 1.62. The summed E-state index contributed by atoms with van der Waals surface area (Å²) in [5.74, 6) is 0.270. The van der Waals surface area contributed by atoms with Gasteiger partial charge in [-0.2, -0.15) is 0 Å². The van der Waals surface area contributed by atoms with E-state index in [0.29, 0.717) is 33.0 Å². The van der Waals surface area contributed by atoms with Gasteiger partial charge in [-0.15, -0.1) is 10.2 Å². The van der Waals surface area contributed by atoms with Gasteiger partial charge in [0.25, 0.3) is 11.5 Å². The molecule has 164 valence electrons. The smallest absolute Gasteiger partial charge is 0.262 e. The van der Waals surface area contributed by atoms with E-state index in [0.717, 1.165) is 6.42 Å². The van der Waals surface area contributed by atoms with Crippen molar-refractivity contribution in [2.75, 3.05) is 5.75 Å². The summed E-state index contributed by atoms with van der Waals surface area (Å²) in [6.45, 7) is 3.93. The molecule has 4 aromatic rings. The summed E-state index contributed by atoms with van der Waals surface area (Å²) in [5, 5.41) is 12.2. The predicted octanol–water partition coefficient (Wildman–Crippen LogP) is 3.08. The zero-order valence-corrected chi connectivity index (χ0v) is 18.8. The Morgan fingerprint density at radius 3 is 2.56 bits per heavy atom. The van der Waals surface area contributed by atoms with E-state index in [4.69, 9.17) is 0 Å². The molecule has 1 N–H and O–H groups in total. The number of hydrogen-bond acceptors (Lipinski definition) is 6. The average Bonchev–Trinajstić information content (AvgIpc) is 3.25. The molecule has 2 aromatic carbocycles. The monoisotopic (exact) mass is 449 g/mol. The topological polar surface area (TPSA) is 98.4 Å². The molecule has 8 nitrogen and oxygen atoms in total. The third-order valence-electron chi connectivity index (χ3n) is 5.37. The molecule has 1 amide bonds. The minimum absolute atomic E-state index is 0.0323. The number of hydrogen-bond donors (Lipinski definition) is 1. The predicted molar refractivity (Wildman–Crippen MR) is 124 cm³/mol. The number of nitrogens with one attached hydrogen (secondary N) is 1. The summed E-state index contributed by atoms with van der Waals surface area (Å²) < 4.78 is 3.14. The van der Waals surface area contributed by atoms with Crippen molar-refractivity contribution in [2.45, 2.75) is 31.5 Å². The van der Waals surface area contributed by atoms with Crippen LogP contribution in [0.2, 0.25) is 0 Å². The fraction of sp³-hybridized carbons (Fsp3) is 0.261. The molecule has 0 saturated carbocycles. The normalized spacial score (nSPS) is 12.2. The van der Waals surface area contributed by atoms with Gasteiger partial charge in [0.2, 0.25) is 5.78 Å². The number of nitrogens with zero attached hydrogens (tertiary/aromatic N) is 4. The average molecular weight is 450 g/mol. The van der Waals surface area contributed by atoms with E-state index in [2.05, 4.69) is 15.5 Å². The van der Waals surface area contributed by atoms with Gasteiger partial charge in [-0.3, -0.25) is 23.4 Å². The van der Waals surface area contributed by atoms with Crippen LogP contribution >= 0.6 is 11.8 Å². The number of aromatic nitrogens is 4. The Morgan fingerprint density at radius 2 is 1.84 bits per heavy atom. The number of aryl methyl sites for hydroxylation is 1. The first-order valence-electron chi connectivity index (χ1n) is 10.3. The van der Waals surface area contributed by atoms with Crippen LogP contribution in [0.5, 0.6) is 0 Å². The SMILES string of the molecule is CCC(C)NC(=O)c1ccc2c(=O)n(C)c3nnc(SCC(=O)c4ccccc4)n3c2c1. The van der Waals surface area contributed by atoms with Crippen LogP contribution in [0.1, 0.15) is 41.0 Å². The van der Waals surface area contributed by atoms with Gasteiger partial charge >= 0.3 is 0 Å². The first-order valence-corrected chi connectivity index (χ1v) is 11.3. The maximum Gasteiger partial charge on any atom is 0.262 e. The zero-order chi connectivity index (χ0) is 22.8. The second-order valence-electron chi connectivity index (χ2n) is 7.57. The van der Waals surface area contributed by atoms with E-state index in [1.165, 1.54) is 16.3 Å². The molecule has 0 aliphatic rings. The molecule has 0 spiro atoms. The minimum Gasteiger partial charge on any atom is -0.350 e. The van der Waals surface area contributed by atoms with Gasteiger partial charge in [-0.05, 0) is 31.5 Å². The van der Waals surface area contributed by atoms with Gasteiger partial charge in [0.1, 0.15) is 0 Å². The number of carbonyl (C=O) groups is 2. The number of fused-ring (bicyclic) bond motifs is 3. The highest BCUT2D eigenvalue weighted by Crippen LogP contribution is 2.23. The molecule has 0 radical (unpaired) electrons. The van der Waals surface area contributed by atoms with Gasteiger partial charge in [0.05, 0.1) is 16.7 Å². The summed E-state index contributed by atoms with van der Waals surface area (Å²) >= 11 is 1.24. The summed E-state index contributed by atoms with van der Waals surface area (Å²) in [4.78, 5) is 38.0. The van der Waals surface area contributed by atoms with Crippen LogP contribution in [0.4, 0.5) is 0 Å². The van der Waals surface area contributed by atoms with Crippen molar-refractivity contribution < 1.29 is 9.59 Å². The molecule has 1 unspecified atom stereocenters. The number of thioether (sulfide) groups is 1. The first kappa shape index (κ1) is 21.8. The molecule has 0 fully saturated rings. The molecule has 4 rings (SSSR count). The van der Waals surface area contributed by atoms with Gasteiger partial charge in [-0.25, -0.2) is 0 Å². The first-order chi connectivity index (χ1) is 15.4. The van der Waals surface area contributed by atoms with Crippen molar-refractivity contribution in [3.05, 3.63) is 70.0 Å². The van der Waals surface area contributed by atoms with Gasteiger partial charge < -0.3 is 5.32 Å². The Kier molecular flexibility index (Phi) is 6.09. The van der Waals surface area contributed by atoms with Crippen LogP contribution in [0, 0.1) is 0 Å². The van der Waals surface area contributed by atoms with Crippen molar-refractivity contribution in [3.63, 3.8) is 0 Å². The van der Waals surface area contributed by atoms with E-state index in [1.807, 2.05) is 32.0 Å². The summed E-state index contributed by atoms with van der Waals surface area (Å²) in [6.07, 6.45) is 0.811. The molecule has 32 heavy (non-hydrogen) atoms. The molecular formula is C23H23N5O3S. The molecule has 0 bridgehead atoms. The van der Waals surface area contributed by atoms with E-state index < -0.39 is 0 Å². The third-order valence-corrected chi connectivity index (χ3v) is 6.30. The Morgan fingerprint density at radius 1 is 1.09 bits per heavy atom. The number of amides is 1. The third kappa shape index (κ3) is 4.03. The Bertz CT molecular complexity index is 1380. The highest BCUT2D eigenvalue weighted by molar-refractivity contribution is 7.99. The zero-order valence-electron chi connectivity index (χ0n) is 18.0. The lowest BCUT2D eigenvalue weighted by atomic mass is 10.1. The van der Waals surface area contributed by atoms with Crippen molar-refractivity contribution in [1.82, 2.24) is 24.5 Å². The van der Waals surface area contributed by atoms with E-state index in [9.17, 15) is 14.4 Å². The van der Waals surface area contributed by atoms with Crippen LogP contribution < -0.4 is 10.9 Å². The molecule has 2 heterocycles. The highest BCUT2D eigenvalue weighted by Gasteiger charge is 2.18. The summed E-state index contributed by atoms with van der Waals surface area (Å²) in [6, 6.07) is 14.0. The molecule has 9 heteroatoms. The highest BCUT2D eigenvalue weighted by atomic mass is 32.2. The maximum atomic E-state index is 12.8. The second-order valence-corrected chi connectivity index (χ2v) is 8.52. The number of carbonyl (C=O) groups excluding carboxylic acids is 2. The molecule has 0 aliphatic heterocycles. The van der Waals surface area contributed by atoms with Crippen molar-refractivity contribution in [1.29, 1.82) is 0 Å². The van der Waals surface area contributed by atoms with Crippen LogP contribution in [0.25, 0.3) is 16.7 Å². The second kappa shape index (κ2) is 8.96. The summed E-state index contributed by atoms with van der Waals surface area (Å²) in [5.41, 5.74) is 1.36. The molecule has 2 aromatic heterocycles. The number of rotatable bonds is 7. The van der Waals surface area contributed by atoms with E-state index >= 15 is 0 Å². The molecular weight excluding hydrogens is 426 g/mol. The van der Waals surface area contributed by atoms with Crippen molar-refractivity contribution in [2.24, 2.45) is 7.05 Å². The Labute approximate surface area is 188 Å². The van der Waals surface area contributed by atoms with Crippen molar-refractivity contribution >= 4 is 40.1 Å². The number of Topliss-reactive ketones (excluding diaryl/α,β-unsaturated/α-hetero) is 1. The van der Waals surface area contributed by atoms with Crippen LogP contribution in [-0.4, -0.2) is 42.7 Å². The lowest BCUT2D eigenvalue weighted by molar-refractivity contribution is 0.0938. The molecule has 0 aliphatic carbocycles. The largest absolute Gasteiger partial charge is 0.350 e. The fourth-order valence-electron chi connectivity index (χ4n) is 3.34. The Balaban J connectivity index is 1.76. The lowest BCUT2D eigenvalue weighted by Crippen LogP contribution is -2.32.